The second-order valence-corrected chi connectivity index (χ2v) is 4.93. The van der Waals surface area contributed by atoms with Crippen molar-refractivity contribution < 1.29 is 14.3 Å². The molecule has 0 aliphatic heterocycles. The number of hydrogen-bond donors (Lipinski definition) is 2. The monoisotopic (exact) mass is 279 g/mol. The summed E-state index contributed by atoms with van der Waals surface area (Å²) in [6.45, 7) is 5.31. The molecule has 1 aromatic rings. The van der Waals surface area contributed by atoms with Crippen LogP contribution in [0.2, 0.25) is 0 Å². The lowest BCUT2D eigenvalue weighted by Gasteiger charge is -2.16. The summed E-state index contributed by atoms with van der Waals surface area (Å²) >= 11 is 0. The molecule has 20 heavy (non-hydrogen) atoms. The summed E-state index contributed by atoms with van der Waals surface area (Å²) in [4.78, 5) is 11.2. The molecule has 1 aromatic carbocycles. The van der Waals surface area contributed by atoms with Gasteiger partial charge in [0.05, 0.1) is 0 Å². The number of aryl methyl sites for hydroxylation is 1. The zero-order valence-corrected chi connectivity index (χ0v) is 11.9. The molecule has 110 valence electrons. The van der Waals surface area contributed by atoms with E-state index in [2.05, 4.69) is 11.9 Å². The molecule has 0 aliphatic rings. The quantitative estimate of drug-likeness (QED) is 0.527. The zero-order valence-electron chi connectivity index (χ0n) is 11.9. The van der Waals surface area contributed by atoms with Crippen LogP contribution in [0.5, 0.6) is 0 Å². The summed E-state index contributed by atoms with van der Waals surface area (Å²) < 4.78 is 13.2. The Morgan fingerprint density at radius 2 is 2.20 bits per heavy atom. The predicted octanol–water partition coefficient (Wildman–Crippen LogP) is 4.14. The lowest BCUT2D eigenvalue weighted by atomic mass is 10.1. The first kappa shape index (κ1) is 16.2. The molecule has 0 bridgehead atoms. The SMILES string of the molecule is C=CCCCCC[C@H](Nc1ccc(F)c(C)c1)C(=O)O. The van der Waals surface area contributed by atoms with E-state index in [1.165, 1.54) is 6.07 Å². The van der Waals surface area contributed by atoms with Gasteiger partial charge in [0, 0.05) is 5.69 Å². The van der Waals surface area contributed by atoms with Crippen molar-refractivity contribution in [2.24, 2.45) is 0 Å². The number of halogens is 1. The highest BCUT2D eigenvalue weighted by Gasteiger charge is 2.16. The third-order valence-corrected chi connectivity index (χ3v) is 3.20. The van der Waals surface area contributed by atoms with Gasteiger partial charge >= 0.3 is 5.97 Å². The van der Waals surface area contributed by atoms with Gasteiger partial charge in [-0.3, -0.25) is 0 Å². The molecule has 2 N–H and O–H groups in total. The maximum atomic E-state index is 13.2. The molecule has 4 heteroatoms. The number of rotatable bonds is 9. The average Bonchev–Trinajstić information content (AvgIpc) is 2.41. The van der Waals surface area contributed by atoms with Crippen LogP contribution >= 0.6 is 0 Å². The van der Waals surface area contributed by atoms with Crippen LogP contribution in [0.15, 0.2) is 30.9 Å². The minimum absolute atomic E-state index is 0.285. The normalized spacial score (nSPS) is 11.9. The van der Waals surface area contributed by atoms with E-state index in [9.17, 15) is 14.3 Å². The van der Waals surface area contributed by atoms with Crippen molar-refractivity contribution in [3.8, 4) is 0 Å². The summed E-state index contributed by atoms with van der Waals surface area (Å²) in [7, 11) is 0. The lowest BCUT2D eigenvalue weighted by molar-refractivity contribution is -0.138. The summed E-state index contributed by atoms with van der Waals surface area (Å²) in [5, 5.41) is 12.2. The van der Waals surface area contributed by atoms with E-state index >= 15 is 0 Å². The smallest absolute Gasteiger partial charge is 0.326 e. The Balaban J connectivity index is 2.51. The molecule has 0 aliphatic carbocycles. The highest BCUT2D eigenvalue weighted by Crippen LogP contribution is 2.17. The molecule has 0 saturated heterocycles. The number of allylic oxidation sites excluding steroid dienone is 1. The number of carboxylic acids is 1. The van der Waals surface area contributed by atoms with E-state index in [1.54, 1.807) is 19.1 Å². The van der Waals surface area contributed by atoms with E-state index in [0.29, 0.717) is 17.7 Å². The van der Waals surface area contributed by atoms with Crippen molar-refractivity contribution in [3.63, 3.8) is 0 Å². The van der Waals surface area contributed by atoms with Crippen molar-refractivity contribution in [2.75, 3.05) is 5.32 Å². The Bertz CT molecular complexity index is 460. The fraction of sp³-hybridized carbons (Fsp3) is 0.438. The maximum absolute atomic E-state index is 13.2. The van der Waals surface area contributed by atoms with Crippen LogP contribution in [0.25, 0.3) is 0 Å². The fourth-order valence-electron chi connectivity index (χ4n) is 2.01. The maximum Gasteiger partial charge on any atom is 0.326 e. The molecule has 0 unspecified atom stereocenters. The Hall–Kier alpha value is -1.84. The topological polar surface area (TPSA) is 49.3 Å². The van der Waals surface area contributed by atoms with Gasteiger partial charge in [-0.2, -0.15) is 0 Å². The molecule has 0 aromatic heterocycles. The minimum atomic E-state index is -0.879. The van der Waals surface area contributed by atoms with E-state index < -0.39 is 12.0 Å². The Morgan fingerprint density at radius 3 is 2.80 bits per heavy atom. The molecular weight excluding hydrogens is 257 g/mol. The van der Waals surface area contributed by atoms with Crippen LogP contribution in [0, 0.1) is 12.7 Å². The van der Waals surface area contributed by atoms with Crippen molar-refractivity contribution in [1.82, 2.24) is 0 Å². The van der Waals surface area contributed by atoms with Gasteiger partial charge in [-0.15, -0.1) is 6.58 Å². The molecule has 0 amide bonds. The van der Waals surface area contributed by atoms with Crippen molar-refractivity contribution >= 4 is 11.7 Å². The standard InChI is InChI=1S/C16H22FNO2/c1-3-4-5-6-7-8-15(16(19)20)18-13-9-10-14(17)12(2)11-13/h3,9-11,15,18H,1,4-8H2,2H3,(H,19,20)/t15-/m0/s1. The van der Waals surface area contributed by atoms with Crippen LogP contribution in [0.1, 0.15) is 37.7 Å². The first-order chi connectivity index (χ1) is 9.54. The van der Waals surface area contributed by atoms with Gasteiger partial charge in [0.15, 0.2) is 0 Å². The number of nitrogens with one attached hydrogen (secondary N) is 1. The molecule has 0 spiro atoms. The van der Waals surface area contributed by atoms with Gasteiger partial charge < -0.3 is 10.4 Å². The number of unbranched alkanes of at least 4 members (excludes halogenated alkanes) is 3. The van der Waals surface area contributed by atoms with Crippen molar-refractivity contribution in [1.29, 1.82) is 0 Å². The summed E-state index contributed by atoms with van der Waals surface area (Å²) in [6, 6.07) is 3.91. The van der Waals surface area contributed by atoms with Crippen molar-refractivity contribution in [3.05, 3.63) is 42.2 Å². The molecule has 3 nitrogen and oxygen atoms in total. The Labute approximate surface area is 119 Å². The van der Waals surface area contributed by atoms with E-state index in [1.807, 2.05) is 6.08 Å². The number of benzene rings is 1. The van der Waals surface area contributed by atoms with Crippen LogP contribution in [-0.2, 0) is 4.79 Å². The van der Waals surface area contributed by atoms with Crippen LogP contribution in [0.4, 0.5) is 10.1 Å². The largest absolute Gasteiger partial charge is 0.480 e. The number of anilines is 1. The number of aliphatic carboxylic acids is 1. The van der Waals surface area contributed by atoms with Crippen LogP contribution < -0.4 is 5.32 Å². The van der Waals surface area contributed by atoms with Gasteiger partial charge in [0.1, 0.15) is 11.9 Å². The molecule has 0 saturated carbocycles. The average molecular weight is 279 g/mol. The van der Waals surface area contributed by atoms with Crippen LogP contribution in [0.3, 0.4) is 0 Å². The molecule has 1 rings (SSSR count). The van der Waals surface area contributed by atoms with Gasteiger partial charge in [0.2, 0.25) is 0 Å². The van der Waals surface area contributed by atoms with Gasteiger partial charge in [-0.25, -0.2) is 9.18 Å². The third-order valence-electron chi connectivity index (χ3n) is 3.20. The second kappa shape index (κ2) is 8.35. The molecular formula is C16H22FNO2. The molecule has 0 heterocycles. The summed E-state index contributed by atoms with van der Waals surface area (Å²) in [6.07, 6.45) is 6.25. The molecule has 0 radical (unpaired) electrons. The lowest BCUT2D eigenvalue weighted by Crippen LogP contribution is -2.29. The van der Waals surface area contributed by atoms with Crippen LogP contribution in [-0.4, -0.2) is 17.1 Å². The number of carboxylic acid groups (broad SMARTS) is 1. The van der Waals surface area contributed by atoms with Gasteiger partial charge in [0.25, 0.3) is 0 Å². The highest BCUT2D eigenvalue weighted by atomic mass is 19.1. The third kappa shape index (κ3) is 5.43. The predicted molar refractivity (Wildman–Crippen MR) is 79.5 cm³/mol. The minimum Gasteiger partial charge on any atom is -0.480 e. The summed E-state index contributed by atoms with van der Waals surface area (Å²) in [5.41, 5.74) is 1.15. The van der Waals surface area contributed by atoms with Gasteiger partial charge in [-0.05, 0) is 49.9 Å². The highest BCUT2D eigenvalue weighted by molar-refractivity contribution is 5.77. The molecule has 0 fully saturated rings. The molecule has 1 atom stereocenters. The number of hydrogen-bond acceptors (Lipinski definition) is 2. The first-order valence-corrected chi connectivity index (χ1v) is 6.91. The second-order valence-electron chi connectivity index (χ2n) is 4.93. The van der Waals surface area contributed by atoms with Crippen molar-refractivity contribution in [2.45, 2.75) is 45.1 Å². The van der Waals surface area contributed by atoms with E-state index in [-0.39, 0.29) is 5.82 Å². The Morgan fingerprint density at radius 1 is 1.45 bits per heavy atom. The fourth-order valence-corrected chi connectivity index (χ4v) is 2.01. The van der Waals surface area contributed by atoms with E-state index in [0.717, 1.165) is 25.7 Å². The van der Waals surface area contributed by atoms with Gasteiger partial charge in [-0.1, -0.05) is 18.9 Å². The first-order valence-electron chi connectivity index (χ1n) is 6.91. The zero-order chi connectivity index (χ0) is 15.0. The number of carbonyl (C=O) groups is 1. The summed E-state index contributed by atoms with van der Waals surface area (Å²) in [5.74, 6) is -1.16. The van der Waals surface area contributed by atoms with E-state index in [4.69, 9.17) is 0 Å². The Kier molecular flexibility index (Phi) is 6.77.